The summed E-state index contributed by atoms with van der Waals surface area (Å²) < 4.78 is 0. The lowest BCUT2D eigenvalue weighted by atomic mass is 10.1. The number of rotatable bonds is 5. The first-order valence-corrected chi connectivity index (χ1v) is 8.94. The summed E-state index contributed by atoms with van der Waals surface area (Å²) in [7, 11) is 0. The maximum absolute atomic E-state index is 6.13. The van der Waals surface area contributed by atoms with E-state index < -0.39 is 0 Å². The third-order valence-electron chi connectivity index (χ3n) is 3.40. The second-order valence-electron chi connectivity index (χ2n) is 4.96. The minimum Gasteiger partial charge on any atom is -0.377 e. The Kier molecular flexibility index (Phi) is 4.63. The van der Waals surface area contributed by atoms with E-state index >= 15 is 0 Å². The fourth-order valence-electron chi connectivity index (χ4n) is 2.28. The molecule has 0 saturated heterocycles. The second-order valence-corrected chi connectivity index (χ2v) is 7.40. The lowest BCUT2D eigenvalue weighted by Gasteiger charge is -2.20. The third-order valence-corrected chi connectivity index (χ3v) is 5.52. The van der Waals surface area contributed by atoms with Gasteiger partial charge in [0.25, 0.3) is 0 Å². The number of anilines is 1. The van der Waals surface area contributed by atoms with E-state index in [4.69, 9.17) is 11.6 Å². The zero-order chi connectivity index (χ0) is 14.7. The minimum absolute atomic E-state index is 0.279. The average Bonchev–Trinajstić information content (AvgIpc) is 3.14. The maximum atomic E-state index is 6.13. The molecule has 1 N–H and O–H groups in total. The summed E-state index contributed by atoms with van der Waals surface area (Å²) in [6, 6.07) is 14.9. The molecule has 21 heavy (non-hydrogen) atoms. The van der Waals surface area contributed by atoms with Crippen molar-refractivity contribution in [1.82, 2.24) is 0 Å². The Labute approximate surface area is 138 Å². The van der Waals surface area contributed by atoms with Crippen molar-refractivity contribution in [3.05, 3.63) is 73.6 Å². The van der Waals surface area contributed by atoms with Crippen LogP contribution in [-0.4, -0.2) is 0 Å². The van der Waals surface area contributed by atoms with E-state index in [0.29, 0.717) is 0 Å². The molecule has 108 valence electrons. The van der Waals surface area contributed by atoms with E-state index in [1.54, 1.807) is 22.7 Å². The van der Waals surface area contributed by atoms with Crippen LogP contribution >= 0.6 is 34.3 Å². The van der Waals surface area contributed by atoms with Gasteiger partial charge < -0.3 is 5.32 Å². The normalized spacial score (nSPS) is 12.3. The Morgan fingerprint density at radius 3 is 2.62 bits per heavy atom. The van der Waals surface area contributed by atoms with Crippen LogP contribution in [0.3, 0.4) is 0 Å². The van der Waals surface area contributed by atoms with Crippen LogP contribution in [-0.2, 0) is 6.42 Å². The van der Waals surface area contributed by atoms with Crippen molar-refractivity contribution in [2.75, 3.05) is 5.32 Å². The highest BCUT2D eigenvalue weighted by Gasteiger charge is 2.15. The SMILES string of the molecule is Cc1ccc(Cl)cc1NC(Cc1cccs1)c1cccs1. The van der Waals surface area contributed by atoms with E-state index in [1.807, 2.05) is 12.1 Å². The number of hydrogen-bond donors (Lipinski definition) is 1. The summed E-state index contributed by atoms with van der Waals surface area (Å²) in [4.78, 5) is 2.74. The molecule has 0 bridgehead atoms. The smallest absolute Gasteiger partial charge is 0.0654 e. The van der Waals surface area contributed by atoms with Crippen molar-refractivity contribution < 1.29 is 0 Å². The molecule has 1 unspecified atom stereocenters. The number of thiophene rings is 2. The van der Waals surface area contributed by atoms with Crippen molar-refractivity contribution in [2.45, 2.75) is 19.4 Å². The van der Waals surface area contributed by atoms with Gasteiger partial charge in [-0.2, -0.15) is 0 Å². The highest BCUT2D eigenvalue weighted by Crippen LogP contribution is 2.30. The highest BCUT2D eigenvalue weighted by atomic mass is 35.5. The summed E-state index contributed by atoms with van der Waals surface area (Å²) in [5, 5.41) is 8.69. The molecule has 0 amide bonds. The van der Waals surface area contributed by atoms with Gasteiger partial charge in [0.2, 0.25) is 0 Å². The first-order valence-electron chi connectivity index (χ1n) is 6.81. The van der Waals surface area contributed by atoms with E-state index in [9.17, 15) is 0 Å². The Hall–Kier alpha value is -1.29. The molecule has 0 saturated carbocycles. The lowest BCUT2D eigenvalue weighted by molar-refractivity contribution is 0.801. The van der Waals surface area contributed by atoms with Gasteiger partial charge in [-0.05, 0) is 47.5 Å². The van der Waals surface area contributed by atoms with Crippen LogP contribution in [0.4, 0.5) is 5.69 Å². The van der Waals surface area contributed by atoms with E-state index in [-0.39, 0.29) is 6.04 Å². The molecule has 0 aliphatic carbocycles. The number of halogens is 1. The zero-order valence-corrected chi connectivity index (χ0v) is 14.1. The van der Waals surface area contributed by atoms with E-state index in [1.165, 1.54) is 15.3 Å². The standard InChI is InChI=1S/C17H16ClNS2/c1-12-6-7-13(18)10-15(12)19-16(17-5-3-9-21-17)11-14-4-2-8-20-14/h2-10,16,19H,11H2,1H3. The first-order chi connectivity index (χ1) is 10.2. The molecule has 0 aliphatic heterocycles. The molecule has 2 aromatic heterocycles. The fraction of sp³-hybridized carbons (Fsp3) is 0.176. The lowest BCUT2D eigenvalue weighted by Crippen LogP contribution is -2.12. The quantitative estimate of drug-likeness (QED) is 0.589. The first kappa shape index (κ1) is 14.6. The van der Waals surface area contributed by atoms with Crippen LogP contribution in [0.5, 0.6) is 0 Å². The topological polar surface area (TPSA) is 12.0 Å². The third kappa shape index (κ3) is 3.67. The summed E-state index contributed by atoms with van der Waals surface area (Å²) >= 11 is 9.73. The molecule has 3 rings (SSSR count). The van der Waals surface area contributed by atoms with Gasteiger partial charge in [-0.25, -0.2) is 0 Å². The van der Waals surface area contributed by atoms with Gasteiger partial charge in [0, 0.05) is 26.9 Å². The number of aryl methyl sites for hydroxylation is 1. The van der Waals surface area contributed by atoms with Gasteiger partial charge >= 0.3 is 0 Å². The Morgan fingerprint density at radius 1 is 1.10 bits per heavy atom. The molecular formula is C17H16ClNS2. The monoisotopic (exact) mass is 333 g/mol. The van der Waals surface area contributed by atoms with Gasteiger partial charge in [-0.1, -0.05) is 29.8 Å². The van der Waals surface area contributed by atoms with Gasteiger partial charge in [-0.15, -0.1) is 22.7 Å². The molecular weight excluding hydrogens is 318 g/mol. The van der Waals surface area contributed by atoms with Crippen LogP contribution in [0, 0.1) is 6.92 Å². The van der Waals surface area contributed by atoms with Crippen LogP contribution in [0.1, 0.15) is 21.4 Å². The zero-order valence-electron chi connectivity index (χ0n) is 11.7. The second kappa shape index (κ2) is 6.65. The molecule has 2 heterocycles. The molecule has 3 aromatic rings. The van der Waals surface area contributed by atoms with Gasteiger partial charge in [0.1, 0.15) is 0 Å². The van der Waals surface area contributed by atoms with E-state index in [2.05, 4.69) is 53.3 Å². The predicted octanol–water partition coefficient (Wildman–Crippen LogP) is 6.17. The molecule has 1 nitrogen and oxygen atoms in total. The summed E-state index contributed by atoms with van der Waals surface area (Å²) in [6.45, 7) is 2.11. The van der Waals surface area contributed by atoms with Crippen LogP contribution in [0.2, 0.25) is 5.02 Å². The largest absolute Gasteiger partial charge is 0.377 e. The number of benzene rings is 1. The summed E-state index contributed by atoms with van der Waals surface area (Å²) in [5.74, 6) is 0. The van der Waals surface area contributed by atoms with Crippen LogP contribution in [0.25, 0.3) is 0 Å². The van der Waals surface area contributed by atoms with E-state index in [0.717, 1.165) is 17.1 Å². The molecule has 0 fully saturated rings. The molecule has 0 spiro atoms. The average molecular weight is 334 g/mol. The Morgan fingerprint density at radius 2 is 1.90 bits per heavy atom. The van der Waals surface area contributed by atoms with Crippen LogP contribution in [0.15, 0.2) is 53.2 Å². The molecule has 0 aliphatic rings. The Balaban J connectivity index is 1.87. The van der Waals surface area contributed by atoms with Gasteiger partial charge in [-0.3, -0.25) is 0 Å². The van der Waals surface area contributed by atoms with Crippen molar-refractivity contribution in [3.8, 4) is 0 Å². The van der Waals surface area contributed by atoms with Crippen LogP contribution < -0.4 is 5.32 Å². The molecule has 0 radical (unpaired) electrons. The number of hydrogen-bond acceptors (Lipinski definition) is 3. The minimum atomic E-state index is 0.279. The highest BCUT2D eigenvalue weighted by molar-refractivity contribution is 7.10. The fourth-order valence-corrected chi connectivity index (χ4v) is 3.98. The Bertz CT molecular complexity index is 690. The van der Waals surface area contributed by atoms with Crippen molar-refractivity contribution in [2.24, 2.45) is 0 Å². The maximum Gasteiger partial charge on any atom is 0.0654 e. The van der Waals surface area contributed by atoms with Crippen molar-refractivity contribution in [3.63, 3.8) is 0 Å². The molecule has 1 atom stereocenters. The number of nitrogens with one attached hydrogen (secondary N) is 1. The summed E-state index contributed by atoms with van der Waals surface area (Å²) in [5.41, 5.74) is 2.32. The van der Waals surface area contributed by atoms with Crippen molar-refractivity contribution >= 4 is 40.0 Å². The van der Waals surface area contributed by atoms with Gasteiger partial charge in [0.05, 0.1) is 6.04 Å². The summed E-state index contributed by atoms with van der Waals surface area (Å²) in [6.07, 6.45) is 0.990. The molecule has 4 heteroatoms. The predicted molar refractivity (Wildman–Crippen MR) is 94.9 cm³/mol. The van der Waals surface area contributed by atoms with Gasteiger partial charge in [0.15, 0.2) is 0 Å². The van der Waals surface area contributed by atoms with Crippen molar-refractivity contribution in [1.29, 1.82) is 0 Å². The molecule has 1 aromatic carbocycles.